The van der Waals surface area contributed by atoms with E-state index >= 15 is 0 Å². The minimum Gasteiger partial charge on any atom is -0.493 e. The molecule has 0 aliphatic carbocycles. The summed E-state index contributed by atoms with van der Waals surface area (Å²) < 4.78 is 18.7. The fourth-order valence-electron chi connectivity index (χ4n) is 2.58. The summed E-state index contributed by atoms with van der Waals surface area (Å²) in [5.41, 5.74) is 1.46. The molecule has 4 heteroatoms. The van der Waals surface area contributed by atoms with Crippen molar-refractivity contribution in [2.75, 3.05) is 13.2 Å². The van der Waals surface area contributed by atoms with Crippen LogP contribution in [0.15, 0.2) is 48.5 Å². The molecule has 1 aliphatic heterocycles. The second-order valence-electron chi connectivity index (χ2n) is 5.09. The Morgan fingerprint density at radius 2 is 2.10 bits per heavy atom. The minimum atomic E-state index is -0.404. The third-order valence-corrected chi connectivity index (χ3v) is 3.68. The summed E-state index contributed by atoms with van der Waals surface area (Å²) in [5, 5.41) is 2.88. The van der Waals surface area contributed by atoms with Gasteiger partial charge in [-0.1, -0.05) is 24.3 Å². The predicted molar refractivity (Wildman–Crippen MR) is 78.0 cm³/mol. The molecule has 21 heavy (non-hydrogen) atoms. The van der Waals surface area contributed by atoms with Crippen LogP contribution >= 0.6 is 0 Å². The van der Waals surface area contributed by atoms with Crippen LogP contribution in [0.25, 0.3) is 0 Å². The smallest absolute Gasteiger partial charge is 0.251 e. The fourth-order valence-corrected chi connectivity index (χ4v) is 2.58. The maximum Gasteiger partial charge on any atom is 0.251 e. The van der Waals surface area contributed by atoms with Crippen molar-refractivity contribution in [3.05, 3.63) is 65.5 Å². The molecular weight excluding hydrogens is 269 g/mol. The Labute approximate surface area is 122 Å². The van der Waals surface area contributed by atoms with E-state index in [9.17, 15) is 9.18 Å². The molecule has 2 aromatic carbocycles. The number of hydrogen-bond acceptors (Lipinski definition) is 2. The molecule has 0 fully saturated rings. The third-order valence-electron chi connectivity index (χ3n) is 3.68. The number of nitrogens with one attached hydrogen (secondary N) is 1. The van der Waals surface area contributed by atoms with Crippen molar-refractivity contribution in [1.29, 1.82) is 0 Å². The van der Waals surface area contributed by atoms with E-state index in [0.29, 0.717) is 18.7 Å². The first-order valence-corrected chi connectivity index (χ1v) is 6.99. The molecule has 2 aromatic rings. The van der Waals surface area contributed by atoms with E-state index < -0.39 is 5.82 Å². The van der Waals surface area contributed by atoms with Crippen LogP contribution < -0.4 is 10.1 Å². The number of carbonyl (C=O) groups is 1. The van der Waals surface area contributed by atoms with Gasteiger partial charge in [-0.2, -0.15) is 0 Å². The minimum absolute atomic E-state index is 0.229. The van der Waals surface area contributed by atoms with Crippen LogP contribution in [0.4, 0.5) is 4.39 Å². The monoisotopic (exact) mass is 285 g/mol. The van der Waals surface area contributed by atoms with Crippen LogP contribution in [0.3, 0.4) is 0 Å². The van der Waals surface area contributed by atoms with Crippen molar-refractivity contribution in [1.82, 2.24) is 5.32 Å². The van der Waals surface area contributed by atoms with Crippen LogP contribution in [0.2, 0.25) is 0 Å². The average molecular weight is 285 g/mol. The van der Waals surface area contributed by atoms with E-state index in [1.54, 1.807) is 6.07 Å². The molecule has 1 N–H and O–H groups in total. The second kappa shape index (κ2) is 5.95. The Morgan fingerprint density at radius 1 is 1.24 bits per heavy atom. The molecule has 0 radical (unpaired) electrons. The molecule has 1 aliphatic rings. The van der Waals surface area contributed by atoms with Gasteiger partial charge >= 0.3 is 0 Å². The van der Waals surface area contributed by atoms with Crippen LogP contribution in [-0.4, -0.2) is 19.1 Å². The molecular formula is C17H16FNO2. The van der Waals surface area contributed by atoms with Crippen molar-refractivity contribution in [3.63, 3.8) is 0 Å². The maximum atomic E-state index is 13.1. The summed E-state index contributed by atoms with van der Waals surface area (Å²) in [4.78, 5) is 12.0. The van der Waals surface area contributed by atoms with Gasteiger partial charge in [-0.25, -0.2) is 4.39 Å². The first-order chi connectivity index (χ1) is 10.2. The molecule has 1 atom stereocenters. The SMILES string of the molecule is O=C(NCC1CCOc2ccccc21)c1cccc(F)c1. The van der Waals surface area contributed by atoms with Gasteiger partial charge in [-0.3, -0.25) is 4.79 Å². The highest BCUT2D eigenvalue weighted by Crippen LogP contribution is 2.32. The van der Waals surface area contributed by atoms with Gasteiger partial charge in [0.1, 0.15) is 11.6 Å². The van der Waals surface area contributed by atoms with E-state index in [0.717, 1.165) is 17.7 Å². The number of benzene rings is 2. The number of rotatable bonds is 3. The lowest BCUT2D eigenvalue weighted by Crippen LogP contribution is -2.30. The van der Waals surface area contributed by atoms with Gasteiger partial charge in [0.05, 0.1) is 6.61 Å². The summed E-state index contributed by atoms with van der Waals surface area (Å²) in [7, 11) is 0. The van der Waals surface area contributed by atoms with Gasteiger partial charge in [0, 0.05) is 18.0 Å². The fraction of sp³-hybridized carbons (Fsp3) is 0.235. The standard InChI is InChI=1S/C17H16FNO2/c18-14-5-3-4-12(10-14)17(20)19-11-13-8-9-21-16-7-2-1-6-15(13)16/h1-7,10,13H,8-9,11H2,(H,19,20). The highest BCUT2D eigenvalue weighted by Gasteiger charge is 2.21. The number of fused-ring (bicyclic) bond motifs is 1. The molecule has 3 nitrogen and oxygen atoms in total. The van der Waals surface area contributed by atoms with E-state index in [2.05, 4.69) is 5.32 Å². The zero-order valence-corrected chi connectivity index (χ0v) is 11.5. The molecule has 3 rings (SSSR count). The van der Waals surface area contributed by atoms with Crippen molar-refractivity contribution < 1.29 is 13.9 Å². The van der Waals surface area contributed by atoms with Crippen LogP contribution in [0, 0.1) is 5.82 Å². The van der Waals surface area contributed by atoms with E-state index in [1.807, 2.05) is 24.3 Å². The van der Waals surface area contributed by atoms with Gasteiger partial charge in [0.2, 0.25) is 0 Å². The summed E-state index contributed by atoms with van der Waals surface area (Å²) in [6, 6.07) is 13.6. The molecule has 108 valence electrons. The first kappa shape index (κ1) is 13.6. The Hall–Kier alpha value is -2.36. The zero-order valence-electron chi connectivity index (χ0n) is 11.5. The van der Waals surface area contributed by atoms with Crippen LogP contribution in [0.1, 0.15) is 28.3 Å². The second-order valence-corrected chi connectivity index (χ2v) is 5.09. The lowest BCUT2D eigenvalue weighted by molar-refractivity contribution is 0.0948. The predicted octanol–water partition coefficient (Wildman–Crippen LogP) is 3.12. The summed E-state index contributed by atoms with van der Waals surface area (Å²) in [6.07, 6.45) is 0.862. The average Bonchev–Trinajstić information content (AvgIpc) is 2.52. The first-order valence-electron chi connectivity index (χ1n) is 6.99. The summed E-state index contributed by atoms with van der Waals surface area (Å²) in [6.45, 7) is 1.17. The number of amides is 1. The van der Waals surface area contributed by atoms with Crippen molar-refractivity contribution >= 4 is 5.91 Å². The summed E-state index contributed by atoms with van der Waals surface area (Å²) in [5.74, 6) is 0.457. The van der Waals surface area contributed by atoms with Crippen molar-refractivity contribution in [2.45, 2.75) is 12.3 Å². The Bertz CT molecular complexity index is 657. The normalized spacial score (nSPS) is 16.7. The Kier molecular flexibility index (Phi) is 3.86. The molecule has 1 amide bonds. The lowest BCUT2D eigenvalue weighted by Gasteiger charge is -2.26. The number of hydrogen-bond donors (Lipinski definition) is 1. The topological polar surface area (TPSA) is 38.3 Å². The molecule has 0 saturated carbocycles. The zero-order chi connectivity index (χ0) is 14.7. The van der Waals surface area contributed by atoms with Gasteiger partial charge in [-0.15, -0.1) is 0 Å². The van der Waals surface area contributed by atoms with Crippen molar-refractivity contribution in [2.24, 2.45) is 0 Å². The van der Waals surface area contributed by atoms with Gasteiger partial charge in [0.25, 0.3) is 5.91 Å². The molecule has 0 bridgehead atoms. The van der Waals surface area contributed by atoms with E-state index in [4.69, 9.17) is 4.74 Å². The van der Waals surface area contributed by atoms with Gasteiger partial charge in [0.15, 0.2) is 0 Å². The van der Waals surface area contributed by atoms with Crippen LogP contribution in [0.5, 0.6) is 5.75 Å². The van der Waals surface area contributed by atoms with E-state index in [-0.39, 0.29) is 11.8 Å². The number of carbonyl (C=O) groups excluding carboxylic acids is 1. The van der Waals surface area contributed by atoms with Crippen molar-refractivity contribution in [3.8, 4) is 5.75 Å². The molecule has 0 aromatic heterocycles. The highest BCUT2D eigenvalue weighted by molar-refractivity contribution is 5.94. The third kappa shape index (κ3) is 3.05. The molecule has 1 heterocycles. The molecule has 0 spiro atoms. The molecule has 1 unspecified atom stereocenters. The lowest BCUT2D eigenvalue weighted by atomic mass is 9.93. The quantitative estimate of drug-likeness (QED) is 0.941. The largest absolute Gasteiger partial charge is 0.493 e. The van der Waals surface area contributed by atoms with E-state index in [1.165, 1.54) is 18.2 Å². The molecule has 0 saturated heterocycles. The Balaban J connectivity index is 1.67. The van der Waals surface area contributed by atoms with Gasteiger partial charge in [-0.05, 0) is 36.2 Å². The highest BCUT2D eigenvalue weighted by atomic mass is 19.1. The summed E-state index contributed by atoms with van der Waals surface area (Å²) >= 11 is 0. The van der Waals surface area contributed by atoms with Gasteiger partial charge < -0.3 is 10.1 Å². The van der Waals surface area contributed by atoms with Crippen LogP contribution in [-0.2, 0) is 0 Å². The maximum absolute atomic E-state index is 13.1. The number of para-hydroxylation sites is 1. The number of halogens is 1. The number of ether oxygens (including phenoxy) is 1. The Morgan fingerprint density at radius 3 is 2.95 bits per heavy atom.